The highest BCUT2D eigenvalue weighted by atomic mass is 16.1. The summed E-state index contributed by atoms with van der Waals surface area (Å²) in [5, 5.41) is 1.79. The van der Waals surface area contributed by atoms with Crippen LogP contribution in [-0.4, -0.2) is 17.1 Å². The van der Waals surface area contributed by atoms with Crippen LogP contribution < -0.4 is 10.4 Å². The predicted molar refractivity (Wildman–Crippen MR) is 74.9 cm³/mol. The summed E-state index contributed by atoms with van der Waals surface area (Å²) in [4.78, 5) is 27.1. The Morgan fingerprint density at radius 3 is 2.74 bits per heavy atom. The minimum atomic E-state index is -0.625. The molecule has 1 unspecified atom stereocenters. The minimum Gasteiger partial charge on any atom is -0.298 e. The molecule has 0 N–H and O–H groups in total. The maximum absolute atomic E-state index is 12.3. The fourth-order valence-corrected chi connectivity index (χ4v) is 2.33. The molecule has 1 atom stereocenters. The van der Waals surface area contributed by atoms with Crippen molar-refractivity contribution in [1.82, 2.24) is 4.98 Å². The number of aldehydes is 1. The van der Waals surface area contributed by atoms with Gasteiger partial charge in [0.25, 0.3) is 0 Å². The fourth-order valence-electron chi connectivity index (χ4n) is 2.33. The van der Waals surface area contributed by atoms with Gasteiger partial charge in [-0.25, -0.2) is 0 Å². The zero-order valence-electron chi connectivity index (χ0n) is 11.4. The number of ketones is 1. The van der Waals surface area contributed by atoms with Crippen LogP contribution in [-0.2, 0) is 4.79 Å². The van der Waals surface area contributed by atoms with Gasteiger partial charge < -0.3 is 0 Å². The summed E-state index contributed by atoms with van der Waals surface area (Å²) in [7, 11) is 0. The Balaban J connectivity index is 2.63. The molecule has 1 aromatic rings. The van der Waals surface area contributed by atoms with Gasteiger partial charge in [-0.05, 0) is 23.4 Å². The van der Waals surface area contributed by atoms with Gasteiger partial charge in [0, 0.05) is 12.1 Å². The lowest BCUT2D eigenvalue weighted by molar-refractivity contribution is -0.126. The second-order valence-electron chi connectivity index (χ2n) is 5.33. The third-order valence-electron chi connectivity index (χ3n) is 3.34. The lowest BCUT2D eigenvalue weighted by atomic mass is 9.80. The third-order valence-corrected chi connectivity index (χ3v) is 3.34. The number of pyridine rings is 1. The molecule has 0 saturated heterocycles. The van der Waals surface area contributed by atoms with Crippen LogP contribution in [0.2, 0.25) is 0 Å². The van der Waals surface area contributed by atoms with Crippen LogP contribution in [0.15, 0.2) is 24.4 Å². The van der Waals surface area contributed by atoms with Crippen LogP contribution in [0.3, 0.4) is 0 Å². The van der Waals surface area contributed by atoms with Crippen molar-refractivity contribution in [3.8, 4) is 0 Å². The molecule has 3 heteroatoms. The summed E-state index contributed by atoms with van der Waals surface area (Å²) in [5.41, 5.74) is -0.226. The van der Waals surface area contributed by atoms with Gasteiger partial charge in [-0.3, -0.25) is 14.6 Å². The van der Waals surface area contributed by atoms with Crippen LogP contribution in [0.1, 0.15) is 31.3 Å². The van der Waals surface area contributed by atoms with E-state index >= 15 is 0 Å². The predicted octanol–water partition coefficient (Wildman–Crippen LogP) is 1.26. The molecule has 19 heavy (non-hydrogen) atoms. The molecule has 0 fully saturated rings. The average Bonchev–Trinajstić information content (AvgIpc) is 2.55. The number of rotatable bonds is 3. The van der Waals surface area contributed by atoms with Gasteiger partial charge >= 0.3 is 0 Å². The van der Waals surface area contributed by atoms with Crippen molar-refractivity contribution in [2.24, 2.45) is 11.3 Å². The van der Waals surface area contributed by atoms with Crippen molar-refractivity contribution < 1.29 is 9.59 Å². The van der Waals surface area contributed by atoms with E-state index in [1.54, 1.807) is 12.3 Å². The van der Waals surface area contributed by atoms with Crippen molar-refractivity contribution >= 4 is 24.2 Å². The molecule has 0 bridgehead atoms. The highest BCUT2D eigenvalue weighted by Crippen LogP contribution is 2.26. The molecule has 0 spiro atoms. The quantitative estimate of drug-likeness (QED) is 0.764. The Bertz CT molecular complexity index is 670. The summed E-state index contributed by atoms with van der Waals surface area (Å²) in [6.07, 6.45) is 9.97. The van der Waals surface area contributed by atoms with E-state index in [4.69, 9.17) is 0 Å². The van der Waals surface area contributed by atoms with E-state index in [0.29, 0.717) is 5.69 Å². The molecule has 1 aliphatic rings. The first-order valence-corrected chi connectivity index (χ1v) is 6.34. The van der Waals surface area contributed by atoms with Gasteiger partial charge in [-0.1, -0.05) is 38.2 Å². The molecule has 0 saturated carbocycles. The zero-order valence-corrected chi connectivity index (χ0v) is 11.4. The summed E-state index contributed by atoms with van der Waals surface area (Å²) >= 11 is 0. The van der Waals surface area contributed by atoms with Crippen LogP contribution in [0, 0.1) is 11.3 Å². The molecule has 0 aliphatic heterocycles. The van der Waals surface area contributed by atoms with Crippen LogP contribution in [0.25, 0.3) is 12.2 Å². The van der Waals surface area contributed by atoms with E-state index in [0.717, 1.165) is 16.7 Å². The third kappa shape index (κ3) is 2.55. The molecular formula is C16H17NO2. The van der Waals surface area contributed by atoms with Gasteiger partial charge in [-0.15, -0.1) is 0 Å². The SMILES string of the molecule is CC(C)C(=O)C1(C)C=CC=c2cc(C=O)ncc2=C1. The maximum Gasteiger partial charge on any atom is 0.168 e. The summed E-state index contributed by atoms with van der Waals surface area (Å²) in [6.45, 7) is 5.71. The zero-order chi connectivity index (χ0) is 14.0. The van der Waals surface area contributed by atoms with E-state index in [9.17, 15) is 9.59 Å². The van der Waals surface area contributed by atoms with Crippen molar-refractivity contribution in [2.75, 3.05) is 0 Å². The van der Waals surface area contributed by atoms with Crippen molar-refractivity contribution in [3.05, 3.63) is 40.5 Å². The Hall–Kier alpha value is -2.03. The largest absolute Gasteiger partial charge is 0.298 e. The Kier molecular flexibility index (Phi) is 3.47. The second-order valence-corrected chi connectivity index (χ2v) is 5.33. The Morgan fingerprint density at radius 1 is 1.37 bits per heavy atom. The topological polar surface area (TPSA) is 47.0 Å². The molecule has 1 aromatic heterocycles. The number of hydrogen-bond acceptors (Lipinski definition) is 3. The number of carbonyl (C=O) groups is 2. The number of carbonyl (C=O) groups excluding carboxylic acids is 2. The molecule has 1 heterocycles. The van der Waals surface area contributed by atoms with Gasteiger partial charge in [0.2, 0.25) is 0 Å². The van der Waals surface area contributed by atoms with Gasteiger partial charge in [0.1, 0.15) is 11.5 Å². The van der Waals surface area contributed by atoms with E-state index in [1.807, 2.05) is 45.1 Å². The standard InChI is InChI=1S/C16H17NO2/c1-11(2)15(19)16(3)6-4-5-12-7-14(10-18)17-9-13(12)8-16/h4-11H,1-3H3. The van der Waals surface area contributed by atoms with E-state index in [-0.39, 0.29) is 11.7 Å². The van der Waals surface area contributed by atoms with Crippen LogP contribution in [0.5, 0.6) is 0 Å². The number of fused-ring (bicyclic) bond motifs is 1. The molecule has 0 aromatic carbocycles. The number of Topliss-reactive ketones (excluding diaryl/α,β-unsaturated/α-hetero) is 1. The van der Waals surface area contributed by atoms with E-state index in [2.05, 4.69) is 4.98 Å². The molecular weight excluding hydrogens is 238 g/mol. The van der Waals surface area contributed by atoms with E-state index < -0.39 is 5.41 Å². The number of nitrogens with zero attached hydrogens (tertiary/aromatic N) is 1. The minimum absolute atomic E-state index is 0.0327. The van der Waals surface area contributed by atoms with Crippen molar-refractivity contribution in [1.29, 1.82) is 0 Å². The monoisotopic (exact) mass is 255 g/mol. The molecule has 98 valence electrons. The number of hydrogen-bond donors (Lipinski definition) is 0. The van der Waals surface area contributed by atoms with Gasteiger partial charge in [-0.2, -0.15) is 0 Å². The number of aromatic nitrogens is 1. The molecule has 2 rings (SSSR count). The molecule has 0 radical (unpaired) electrons. The number of allylic oxidation sites excluding steroid dienone is 2. The van der Waals surface area contributed by atoms with Crippen LogP contribution in [0.4, 0.5) is 0 Å². The molecule has 1 aliphatic carbocycles. The molecule has 3 nitrogen and oxygen atoms in total. The lowest BCUT2D eigenvalue weighted by Gasteiger charge is -2.22. The second kappa shape index (κ2) is 4.92. The van der Waals surface area contributed by atoms with Gasteiger partial charge in [0.05, 0.1) is 5.41 Å². The van der Waals surface area contributed by atoms with E-state index in [1.165, 1.54) is 0 Å². The fraction of sp³-hybridized carbons (Fsp3) is 0.312. The Morgan fingerprint density at radius 2 is 2.11 bits per heavy atom. The normalized spacial score (nSPS) is 21.1. The van der Waals surface area contributed by atoms with Gasteiger partial charge in [0.15, 0.2) is 6.29 Å². The average molecular weight is 255 g/mol. The summed E-state index contributed by atoms with van der Waals surface area (Å²) in [5.74, 6) is 0.138. The lowest BCUT2D eigenvalue weighted by Crippen LogP contribution is -2.33. The summed E-state index contributed by atoms with van der Waals surface area (Å²) < 4.78 is 0. The first-order valence-electron chi connectivity index (χ1n) is 6.34. The molecule has 0 amide bonds. The van der Waals surface area contributed by atoms with Crippen LogP contribution >= 0.6 is 0 Å². The summed E-state index contributed by atoms with van der Waals surface area (Å²) in [6, 6.07) is 1.73. The first-order chi connectivity index (χ1) is 8.96. The first kappa shape index (κ1) is 13.4. The highest BCUT2D eigenvalue weighted by Gasteiger charge is 2.29. The highest BCUT2D eigenvalue weighted by molar-refractivity contribution is 5.94. The Labute approximate surface area is 112 Å². The smallest absolute Gasteiger partial charge is 0.168 e. The van der Waals surface area contributed by atoms with Crippen molar-refractivity contribution in [2.45, 2.75) is 20.8 Å². The van der Waals surface area contributed by atoms with Crippen molar-refractivity contribution in [3.63, 3.8) is 0 Å². The maximum atomic E-state index is 12.3.